The van der Waals surface area contributed by atoms with Gasteiger partial charge in [0.1, 0.15) is 17.9 Å². The Balaban J connectivity index is 1.71. The monoisotopic (exact) mass is 460 g/mol. The number of barbiturate groups is 1. The lowest BCUT2D eigenvalue weighted by Crippen LogP contribution is -2.54. The maximum Gasteiger partial charge on any atom is 0.335 e. The maximum atomic E-state index is 13.3. The number of amides is 4. The Morgan fingerprint density at radius 2 is 1.73 bits per heavy atom. The molecular weight excluding hydrogens is 440 g/mol. The molecule has 3 aromatic rings. The topological polar surface area (TPSA) is 75.7 Å². The first-order chi connectivity index (χ1) is 15.8. The molecule has 7 heteroatoms. The summed E-state index contributed by atoms with van der Waals surface area (Å²) in [6.07, 6.45) is 1.40. The fourth-order valence-corrected chi connectivity index (χ4v) is 3.67. The molecule has 33 heavy (non-hydrogen) atoms. The van der Waals surface area contributed by atoms with Crippen LogP contribution >= 0.6 is 11.6 Å². The van der Waals surface area contributed by atoms with Gasteiger partial charge in [0.05, 0.1) is 5.69 Å². The van der Waals surface area contributed by atoms with Crippen LogP contribution in [0.25, 0.3) is 6.08 Å². The van der Waals surface area contributed by atoms with Crippen molar-refractivity contribution in [2.24, 2.45) is 0 Å². The van der Waals surface area contributed by atoms with E-state index in [0.29, 0.717) is 28.6 Å². The number of nitrogens with one attached hydrogen (secondary N) is 1. The Labute approximate surface area is 196 Å². The highest BCUT2D eigenvalue weighted by Crippen LogP contribution is 2.30. The normalized spacial score (nSPS) is 15.1. The van der Waals surface area contributed by atoms with Crippen molar-refractivity contribution in [3.63, 3.8) is 0 Å². The quantitative estimate of drug-likeness (QED) is 0.419. The van der Waals surface area contributed by atoms with Gasteiger partial charge in [-0.05, 0) is 60.9 Å². The van der Waals surface area contributed by atoms with Gasteiger partial charge >= 0.3 is 6.03 Å². The van der Waals surface area contributed by atoms with E-state index in [1.165, 1.54) is 6.08 Å². The first-order valence-corrected chi connectivity index (χ1v) is 10.7. The van der Waals surface area contributed by atoms with Crippen LogP contribution < -0.4 is 15.0 Å². The molecule has 166 valence electrons. The van der Waals surface area contributed by atoms with Gasteiger partial charge in [-0.25, -0.2) is 9.69 Å². The SMILES string of the molecule is Cc1ccc(C)c(N2C(=O)NC(=O)/C(=C\c3cc(Cl)ccc3OCc3ccccc3)C2=O)c1. The van der Waals surface area contributed by atoms with Gasteiger partial charge in [0, 0.05) is 10.6 Å². The van der Waals surface area contributed by atoms with Crippen LogP contribution in [0.15, 0.2) is 72.3 Å². The zero-order valence-corrected chi connectivity index (χ0v) is 18.8. The molecule has 0 unspecified atom stereocenters. The molecule has 1 saturated heterocycles. The number of benzene rings is 3. The van der Waals surface area contributed by atoms with Gasteiger partial charge in [0.25, 0.3) is 11.8 Å². The number of rotatable bonds is 5. The second-order valence-corrected chi connectivity index (χ2v) is 8.14. The van der Waals surface area contributed by atoms with Crippen LogP contribution in [0, 0.1) is 13.8 Å². The van der Waals surface area contributed by atoms with E-state index < -0.39 is 17.8 Å². The van der Waals surface area contributed by atoms with Gasteiger partial charge in [-0.15, -0.1) is 0 Å². The minimum Gasteiger partial charge on any atom is -0.488 e. The van der Waals surface area contributed by atoms with Crippen molar-refractivity contribution in [3.8, 4) is 5.75 Å². The lowest BCUT2D eigenvalue weighted by atomic mass is 10.0. The molecule has 1 N–H and O–H groups in total. The minimum absolute atomic E-state index is 0.192. The largest absolute Gasteiger partial charge is 0.488 e. The third-order valence-corrected chi connectivity index (χ3v) is 5.45. The summed E-state index contributed by atoms with van der Waals surface area (Å²) in [4.78, 5) is 39.4. The second-order valence-electron chi connectivity index (χ2n) is 7.70. The molecule has 1 aliphatic rings. The van der Waals surface area contributed by atoms with Crippen molar-refractivity contribution in [2.45, 2.75) is 20.5 Å². The number of hydrogen-bond donors (Lipinski definition) is 1. The molecule has 3 aromatic carbocycles. The summed E-state index contributed by atoms with van der Waals surface area (Å²) in [5.74, 6) is -1.04. The predicted molar refractivity (Wildman–Crippen MR) is 127 cm³/mol. The van der Waals surface area contributed by atoms with Gasteiger partial charge in [-0.2, -0.15) is 0 Å². The molecule has 0 aliphatic carbocycles. The van der Waals surface area contributed by atoms with Gasteiger partial charge in [-0.1, -0.05) is 54.1 Å². The third kappa shape index (κ3) is 4.81. The standard InChI is InChI=1S/C26H21ClN2O4/c1-16-8-9-17(2)22(12-16)29-25(31)21(24(30)28-26(29)32)14-19-13-20(27)10-11-23(19)33-15-18-6-4-3-5-7-18/h3-14H,15H2,1-2H3,(H,28,30,32)/b21-14+. The average Bonchev–Trinajstić information content (AvgIpc) is 2.79. The molecule has 0 atom stereocenters. The number of carbonyl (C=O) groups is 3. The Bertz CT molecular complexity index is 1280. The van der Waals surface area contributed by atoms with E-state index in [2.05, 4.69) is 5.32 Å². The summed E-state index contributed by atoms with van der Waals surface area (Å²) in [6.45, 7) is 3.95. The highest BCUT2D eigenvalue weighted by molar-refractivity contribution is 6.39. The number of nitrogens with zero attached hydrogens (tertiary/aromatic N) is 1. The number of ether oxygens (including phenoxy) is 1. The molecule has 4 rings (SSSR count). The summed E-state index contributed by atoms with van der Waals surface area (Å²) in [5.41, 5.74) is 3.25. The van der Waals surface area contributed by atoms with Crippen LogP contribution in [0.5, 0.6) is 5.75 Å². The molecule has 0 spiro atoms. The Morgan fingerprint density at radius 3 is 2.48 bits per heavy atom. The maximum absolute atomic E-state index is 13.3. The lowest BCUT2D eigenvalue weighted by molar-refractivity contribution is -0.122. The molecule has 0 radical (unpaired) electrons. The average molecular weight is 461 g/mol. The smallest absolute Gasteiger partial charge is 0.335 e. The number of anilines is 1. The van der Waals surface area contributed by atoms with Crippen molar-refractivity contribution in [2.75, 3.05) is 4.90 Å². The molecule has 1 heterocycles. The van der Waals surface area contributed by atoms with E-state index in [4.69, 9.17) is 16.3 Å². The van der Waals surface area contributed by atoms with Crippen LogP contribution in [-0.4, -0.2) is 17.8 Å². The fraction of sp³-hybridized carbons (Fsp3) is 0.115. The van der Waals surface area contributed by atoms with E-state index in [1.54, 1.807) is 31.2 Å². The number of aryl methyl sites for hydroxylation is 2. The molecule has 4 amide bonds. The first kappa shape index (κ1) is 22.3. The van der Waals surface area contributed by atoms with E-state index in [0.717, 1.165) is 21.6 Å². The van der Waals surface area contributed by atoms with E-state index in [9.17, 15) is 14.4 Å². The summed E-state index contributed by atoms with van der Waals surface area (Å²) in [6, 6.07) is 19.2. The molecule has 6 nitrogen and oxygen atoms in total. The van der Waals surface area contributed by atoms with Crippen LogP contribution in [-0.2, 0) is 16.2 Å². The van der Waals surface area contributed by atoms with Crippen LogP contribution in [0.4, 0.5) is 10.5 Å². The van der Waals surface area contributed by atoms with Crippen molar-refractivity contribution < 1.29 is 19.1 Å². The first-order valence-electron chi connectivity index (χ1n) is 10.3. The number of imide groups is 2. The van der Waals surface area contributed by atoms with Gasteiger partial charge < -0.3 is 4.74 Å². The molecule has 1 aliphatic heterocycles. The van der Waals surface area contributed by atoms with Crippen LogP contribution in [0.3, 0.4) is 0 Å². The summed E-state index contributed by atoms with van der Waals surface area (Å²) in [7, 11) is 0. The second kappa shape index (κ2) is 9.30. The molecule has 1 fully saturated rings. The number of carbonyl (C=O) groups excluding carboxylic acids is 3. The van der Waals surface area contributed by atoms with Crippen LogP contribution in [0.2, 0.25) is 5.02 Å². The van der Waals surface area contributed by atoms with E-state index in [-0.39, 0.29) is 5.57 Å². The van der Waals surface area contributed by atoms with Gasteiger partial charge in [0.2, 0.25) is 0 Å². The Morgan fingerprint density at radius 1 is 0.970 bits per heavy atom. The van der Waals surface area contributed by atoms with Gasteiger partial charge in [0.15, 0.2) is 0 Å². The number of halogens is 1. The summed E-state index contributed by atoms with van der Waals surface area (Å²) >= 11 is 6.18. The third-order valence-electron chi connectivity index (χ3n) is 5.22. The van der Waals surface area contributed by atoms with Crippen molar-refractivity contribution in [3.05, 3.63) is 99.6 Å². The Kier molecular flexibility index (Phi) is 6.29. The highest BCUT2D eigenvalue weighted by Gasteiger charge is 2.37. The molecule has 0 aromatic heterocycles. The molecule has 0 bridgehead atoms. The Hall–Kier alpha value is -3.90. The summed E-state index contributed by atoms with van der Waals surface area (Å²) in [5, 5.41) is 2.67. The number of hydrogen-bond acceptors (Lipinski definition) is 4. The minimum atomic E-state index is -0.789. The van der Waals surface area contributed by atoms with Crippen molar-refractivity contribution >= 4 is 41.2 Å². The number of urea groups is 1. The molecular formula is C26H21ClN2O4. The van der Waals surface area contributed by atoms with E-state index >= 15 is 0 Å². The summed E-state index contributed by atoms with van der Waals surface area (Å²) < 4.78 is 5.93. The predicted octanol–water partition coefficient (Wildman–Crippen LogP) is 5.20. The molecule has 0 saturated carbocycles. The van der Waals surface area contributed by atoms with Crippen LogP contribution in [0.1, 0.15) is 22.3 Å². The zero-order chi connectivity index (χ0) is 23.5. The fourth-order valence-electron chi connectivity index (χ4n) is 3.49. The highest BCUT2D eigenvalue weighted by atomic mass is 35.5. The lowest BCUT2D eigenvalue weighted by Gasteiger charge is -2.28. The van der Waals surface area contributed by atoms with Crippen molar-refractivity contribution in [1.82, 2.24) is 5.32 Å². The van der Waals surface area contributed by atoms with Gasteiger partial charge in [-0.3, -0.25) is 14.9 Å². The van der Waals surface area contributed by atoms with Crippen molar-refractivity contribution in [1.29, 1.82) is 0 Å². The zero-order valence-electron chi connectivity index (χ0n) is 18.1. The van der Waals surface area contributed by atoms with E-state index in [1.807, 2.05) is 49.4 Å².